The first-order chi connectivity index (χ1) is 13.8. The molecule has 0 saturated heterocycles. The lowest BCUT2D eigenvalue weighted by molar-refractivity contribution is -0.395. The second-order valence-electron chi connectivity index (χ2n) is 6.35. The van der Waals surface area contributed by atoms with E-state index in [0.717, 1.165) is 22.0 Å². The van der Waals surface area contributed by atoms with E-state index in [9.17, 15) is 4.79 Å². The van der Waals surface area contributed by atoms with E-state index in [-0.39, 0.29) is 12.6 Å². The van der Waals surface area contributed by atoms with Crippen LogP contribution in [-0.4, -0.2) is 12.8 Å². The summed E-state index contributed by atoms with van der Waals surface area (Å²) in [6, 6.07) is 18.6. The molecule has 3 heterocycles. The van der Waals surface area contributed by atoms with Gasteiger partial charge in [-0.15, -0.1) is 0 Å². The lowest BCUT2D eigenvalue weighted by Crippen LogP contribution is -2.21. The van der Waals surface area contributed by atoms with E-state index in [0.29, 0.717) is 11.5 Å². The fraction of sp³-hybridized carbons (Fsp3) is 0.0909. The van der Waals surface area contributed by atoms with Crippen molar-refractivity contribution >= 4 is 16.7 Å². The Kier molecular flexibility index (Phi) is 3.94. The highest BCUT2D eigenvalue weighted by Crippen LogP contribution is 2.37. The van der Waals surface area contributed by atoms with Crippen LogP contribution in [0.4, 0.5) is 0 Å². The molecule has 4 aromatic rings. The minimum absolute atomic E-state index is 0.144. The van der Waals surface area contributed by atoms with Gasteiger partial charge in [0, 0.05) is 11.6 Å². The molecule has 2 aromatic heterocycles. The summed E-state index contributed by atoms with van der Waals surface area (Å²) in [6.45, 7) is 0.177. The SMILES string of the molecule is O=C(OC(c1ccc2c(c1)OCO2)c1[nH+]ccc2ccccc12)c1ccco1. The first kappa shape index (κ1) is 16.4. The first-order valence-electron chi connectivity index (χ1n) is 8.83. The van der Waals surface area contributed by atoms with Crippen molar-refractivity contribution in [3.8, 4) is 11.5 Å². The number of aromatic nitrogens is 1. The third-order valence-electron chi connectivity index (χ3n) is 4.66. The fourth-order valence-corrected chi connectivity index (χ4v) is 3.33. The van der Waals surface area contributed by atoms with Crippen molar-refractivity contribution in [1.82, 2.24) is 0 Å². The summed E-state index contributed by atoms with van der Waals surface area (Å²) in [7, 11) is 0. The van der Waals surface area contributed by atoms with Crippen molar-refractivity contribution < 1.29 is 28.4 Å². The Balaban J connectivity index is 1.63. The third-order valence-corrected chi connectivity index (χ3v) is 4.66. The Bertz CT molecular complexity index is 1150. The summed E-state index contributed by atoms with van der Waals surface area (Å²) in [5.41, 5.74) is 1.52. The highest BCUT2D eigenvalue weighted by atomic mass is 16.7. The number of hydrogen-bond donors (Lipinski definition) is 0. The number of rotatable bonds is 4. The highest BCUT2D eigenvalue weighted by Gasteiger charge is 2.30. The van der Waals surface area contributed by atoms with Crippen molar-refractivity contribution in [3.05, 3.63) is 90.1 Å². The van der Waals surface area contributed by atoms with Gasteiger partial charge in [0.25, 0.3) is 0 Å². The maximum atomic E-state index is 12.6. The molecule has 28 heavy (non-hydrogen) atoms. The van der Waals surface area contributed by atoms with E-state index in [4.69, 9.17) is 18.6 Å². The Hall–Kier alpha value is -3.80. The minimum atomic E-state index is -0.682. The predicted octanol–water partition coefficient (Wildman–Crippen LogP) is 3.92. The number of pyridine rings is 1. The average molecular weight is 374 g/mol. The summed E-state index contributed by atoms with van der Waals surface area (Å²) >= 11 is 0. The van der Waals surface area contributed by atoms with Crippen LogP contribution in [0.1, 0.15) is 27.9 Å². The first-order valence-corrected chi connectivity index (χ1v) is 8.83. The van der Waals surface area contributed by atoms with E-state index in [1.165, 1.54) is 6.26 Å². The molecule has 0 saturated carbocycles. The topological polar surface area (TPSA) is 72.0 Å². The third kappa shape index (κ3) is 2.85. The summed E-state index contributed by atoms with van der Waals surface area (Å²) < 4.78 is 22.0. The molecule has 1 N–H and O–H groups in total. The molecule has 1 unspecified atom stereocenters. The van der Waals surface area contributed by atoms with Crippen molar-refractivity contribution in [2.24, 2.45) is 0 Å². The quantitative estimate of drug-likeness (QED) is 0.506. The molecule has 0 spiro atoms. The molecule has 0 radical (unpaired) electrons. The number of benzene rings is 2. The largest absolute Gasteiger partial charge is 0.457 e. The number of aromatic amines is 1. The number of carbonyl (C=O) groups excluding carboxylic acids is 1. The monoisotopic (exact) mass is 374 g/mol. The van der Waals surface area contributed by atoms with Gasteiger partial charge in [-0.3, -0.25) is 0 Å². The summed E-state index contributed by atoms with van der Waals surface area (Å²) in [6.07, 6.45) is 2.59. The van der Waals surface area contributed by atoms with E-state index in [1.54, 1.807) is 12.1 Å². The zero-order valence-electron chi connectivity index (χ0n) is 14.8. The number of carbonyl (C=O) groups is 1. The normalized spacial score (nSPS) is 13.4. The molecule has 0 bridgehead atoms. The van der Waals surface area contributed by atoms with Gasteiger partial charge in [0.05, 0.1) is 11.6 Å². The van der Waals surface area contributed by atoms with Crippen molar-refractivity contribution in [1.29, 1.82) is 0 Å². The van der Waals surface area contributed by atoms with Gasteiger partial charge in [-0.1, -0.05) is 24.3 Å². The Morgan fingerprint density at radius 3 is 2.79 bits per heavy atom. The van der Waals surface area contributed by atoms with Crippen molar-refractivity contribution in [3.63, 3.8) is 0 Å². The molecule has 5 rings (SSSR count). The van der Waals surface area contributed by atoms with Crippen LogP contribution in [0.25, 0.3) is 10.8 Å². The highest BCUT2D eigenvalue weighted by molar-refractivity contribution is 5.88. The maximum Gasteiger partial charge on any atom is 0.375 e. The molecule has 0 fully saturated rings. The smallest absolute Gasteiger partial charge is 0.375 e. The van der Waals surface area contributed by atoms with Crippen LogP contribution in [0.15, 0.2) is 77.5 Å². The second-order valence-corrected chi connectivity index (χ2v) is 6.35. The maximum absolute atomic E-state index is 12.6. The molecule has 2 aromatic carbocycles. The van der Waals surface area contributed by atoms with E-state index in [2.05, 4.69) is 4.98 Å². The second kappa shape index (κ2) is 6.74. The molecule has 1 aliphatic rings. The molecule has 138 valence electrons. The molecule has 1 aliphatic heterocycles. The zero-order chi connectivity index (χ0) is 18.9. The minimum Gasteiger partial charge on any atom is -0.457 e. The van der Waals surface area contributed by atoms with Crippen LogP contribution < -0.4 is 14.5 Å². The van der Waals surface area contributed by atoms with Crippen LogP contribution in [0.3, 0.4) is 0 Å². The number of esters is 1. The molecular formula is C22H16NO5+. The number of H-pyrrole nitrogens is 1. The van der Waals surface area contributed by atoms with Crippen LogP contribution in [0.2, 0.25) is 0 Å². The predicted molar refractivity (Wildman–Crippen MR) is 99.0 cm³/mol. The van der Waals surface area contributed by atoms with Crippen LogP contribution in [-0.2, 0) is 4.74 Å². The zero-order valence-corrected chi connectivity index (χ0v) is 14.8. The number of ether oxygens (including phenoxy) is 3. The van der Waals surface area contributed by atoms with Crippen LogP contribution >= 0.6 is 0 Å². The Labute approximate surface area is 160 Å². The summed E-state index contributed by atoms with van der Waals surface area (Å²) in [5, 5.41) is 2.00. The summed E-state index contributed by atoms with van der Waals surface area (Å²) in [4.78, 5) is 15.9. The van der Waals surface area contributed by atoms with Gasteiger partial charge in [-0.25, -0.2) is 9.78 Å². The lowest BCUT2D eigenvalue weighted by atomic mass is 10.0. The van der Waals surface area contributed by atoms with Gasteiger partial charge in [0.2, 0.25) is 24.4 Å². The van der Waals surface area contributed by atoms with E-state index >= 15 is 0 Å². The van der Waals surface area contributed by atoms with Gasteiger partial charge < -0.3 is 18.6 Å². The Morgan fingerprint density at radius 2 is 1.89 bits per heavy atom. The molecule has 0 aliphatic carbocycles. The molecule has 1 atom stereocenters. The number of nitrogens with one attached hydrogen (secondary N) is 1. The lowest BCUT2D eigenvalue weighted by Gasteiger charge is -2.16. The van der Waals surface area contributed by atoms with Gasteiger partial charge in [-0.05, 0) is 35.7 Å². The molecule has 6 nitrogen and oxygen atoms in total. The van der Waals surface area contributed by atoms with E-state index < -0.39 is 12.1 Å². The Morgan fingerprint density at radius 1 is 1.00 bits per heavy atom. The number of hydrogen-bond acceptors (Lipinski definition) is 5. The van der Waals surface area contributed by atoms with Crippen LogP contribution in [0.5, 0.6) is 11.5 Å². The van der Waals surface area contributed by atoms with Gasteiger partial charge in [-0.2, -0.15) is 0 Å². The fourth-order valence-electron chi connectivity index (χ4n) is 3.33. The average Bonchev–Trinajstić information content (AvgIpc) is 3.43. The molecular weight excluding hydrogens is 358 g/mol. The van der Waals surface area contributed by atoms with Gasteiger partial charge in [0.1, 0.15) is 0 Å². The van der Waals surface area contributed by atoms with E-state index in [1.807, 2.05) is 54.7 Å². The summed E-state index contributed by atoms with van der Waals surface area (Å²) in [5.74, 6) is 0.888. The molecule has 0 amide bonds. The number of furan rings is 1. The van der Waals surface area contributed by atoms with Crippen molar-refractivity contribution in [2.75, 3.05) is 6.79 Å². The molecule has 6 heteroatoms. The van der Waals surface area contributed by atoms with Gasteiger partial charge in [0.15, 0.2) is 17.7 Å². The van der Waals surface area contributed by atoms with Gasteiger partial charge >= 0.3 is 5.97 Å². The number of fused-ring (bicyclic) bond motifs is 2. The van der Waals surface area contributed by atoms with Crippen LogP contribution in [0, 0.1) is 0 Å². The van der Waals surface area contributed by atoms with Crippen molar-refractivity contribution in [2.45, 2.75) is 6.10 Å². The standard InChI is InChI=1S/C22H15NO5/c24-22(18-6-3-11-25-18)28-21(15-7-8-17-19(12-15)27-13-26-17)20-16-5-2-1-4-14(16)9-10-23-20/h1-12,21H,13H2/p+1.